The van der Waals surface area contributed by atoms with E-state index in [2.05, 4.69) is 29.7 Å². The van der Waals surface area contributed by atoms with Crippen molar-refractivity contribution in [1.82, 2.24) is 10.6 Å². The summed E-state index contributed by atoms with van der Waals surface area (Å²) in [7, 11) is 0. The molecule has 22 heavy (non-hydrogen) atoms. The topological polar surface area (TPSA) is 41.1 Å². The second-order valence-electron chi connectivity index (χ2n) is 7.19. The first-order chi connectivity index (χ1) is 10.2. The quantitative estimate of drug-likeness (QED) is 0.897. The predicted octanol–water partition coefficient (Wildman–Crippen LogP) is 3.27. The van der Waals surface area contributed by atoms with Crippen LogP contribution in [-0.2, 0) is 13.1 Å². The van der Waals surface area contributed by atoms with Crippen LogP contribution in [-0.4, -0.2) is 11.9 Å². The van der Waals surface area contributed by atoms with Gasteiger partial charge in [0.25, 0.3) is 5.91 Å². The van der Waals surface area contributed by atoms with E-state index in [9.17, 15) is 4.79 Å². The number of benzene rings is 1. The van der Waals surface area contributed by atoms with Gasteiger partial charge in [0.2, 0.25) is 0 Å². The van der Waals surface area contributed by atoms with E-state index in [1.807, 2.05) is 6.07 Å². The van der Waals surface area contributed by atoms with Crippen LogP contribution in [0.3, 0.4) is 0 Å². The highest BCUT2D eigenvalue weighted by molar-refractivity contribution is 5.94. The number of halogens is 1. The second kappa shape index (κ2) is 6.21. The molecule has 1 aliphatic heterocycles. The van der Waals surface area contributed by atoms with Crippen LogP contribution in [0.2, 0.25) is 0 Å². The fourth-order valence-corrected chi connectivity index (χ4v) is 4.74. The maximum Gasteiger partial charge on any atom is 0.251 e. The normalized spacial score (nSPS) is 29.8. The molecule has 1 heterocycles. The lowest BCUT2D eigenvalue weighted by molar-refractivity contribution is 0.0915. The van der Waals surface area contributed by atoms with Crippen LogP contribution in [0.4, 0.5) is 0 Å². The molecule has 0 saturated heterocycles. The minimum atomic E-state index is 0. The zero-order valence-corrected chi connectivity index (χ0v) is 13.9. The van der Waals surface area contributed by atoms with Gasteiger partial charge in [-0.2, -0.15) is 0 Å². The van der Waals surface area contributed by atoms with Crippen molar-refractivity contribution in [2.45, 2.75) is 51.7 Å². The summed E-state index contributed by atoms with van der Waals surface area (Å²) in [6.07, 6.45) is 5.51. The molecule has 1 aromatic rings. The highest BCUT2D eigenvalue weighted by atomic mass is 35.5. The van der Waals surface area contributed by atoms with Gasteiger partial charge in [0.1, 0.15) is 0 Å². The lowest BCUT2D eigenvalue weighted by atomic mass is 9.84. The lowest BCUT2D eigenvalue weighted by Crippen LogP contribution is -2.40. The standard InChI is InChI=1S/C18H24N2O.ClH/c1-11(17-7-12-2-3-13(17)6-12)20-18(21)14-4-5-15-9-19-10-16(15)8-14;/h4-5,8,11-13,17,19H,2-3,6-7,9-10H2,1H3,(H,20,21);1H. The number of hydrogen-bond donors (Lipinski definition) is 2. The monoisotopic (exact) mass is 320 g/mol. The van der Waals surface area contributed by atoms with Crippen LogP contribution in [0.1, 0.15) is 54.1 Å². The highest BCUT2D eigenvalue weighted by Crippen LogP contribution is 2.49. The fraction of sp³-hybridized carbons (Fsp3) is 0.611. The van der Waals surface area contributed by atoms with E-state index in [0.29, 0.717) is 12.0 Å². The first-order valence-electron chi connectivity index (χ1n) is 8.34. The van der Waals surface area contributed by atoms with E-state index >= 15 is 0 Å². The van der Waals surface area contributed by atoms with E-state index in [0.717, 1.165) is 30.5 Å². The molecule has 120 valence electrons. The summed E-state index contributed by atoms with van der Waals surface area (Å²) in [5.41, 5.74) is 3.41. The minimum Gasteiger partial charge on any atom is -0.349 e. The summed E-state index contributed by atoms with van der Waals surface area (Å²) < 4.78 is 0. The van der Waals surface area contributed by atoms with Gasteiger partial charge in [0.15, 0.2) is 0 Å². The van der Waals surface area contributed by atoms with Crippen LogP contribution in [0.25, 0.3) is 0 Å². The van der Waals surface area contributed by atoms with Crippen molar-refractivity contribution in [2.24, 2.45) is 17.8 Å². The first-order valence-corrected chi connectivity index (χ1v) is 8.34. The number of nitrogens with one attached hydrogen (secondary N) is 2. The lowest BCUT2D eigenvalue weighted by Gasteiger charge is -2.28. The molecule has 2 aliphatic carbocycles. The minimum absolute atomic E-state index is 0. The van der Waals surface area contributed by atoms with E-state index in [-0.39, 0.29) is 18.3 Å². The maximum atomic E-state index is 12.5. The molecular formula is C18H25ClN2O. The van der Waals surface area contributed by atoms with Crippen molar-refractivity contribution in [1.29, 1.82) is 0 Å². The van der Waals surface area contributed by atoms with Gasteiger partial charge < -0.3 is 10.6 Å². The second-order valence-corrected chi connectivity index (χ2v) is 7.19. The van der Waals surface area contributed by atoms with Crippen LogP contribution in [0.5, 0.6) is 0 Å². The summed E-state index contributed by atoms with van der Waals surface area (Å²) in [6, 6.07) is 6.42. The van der Waals surface area contributed by atoms with Gasteiger partial charge in [0, 0.05) is 24.7 Å². The van der Waals surface area contributed by atoms with Gasteiger partial charge in [-0.1, -0.05) is 12.5 Å². The number of amides is 1. The highest BCUT2D eigenvalue weighted by Gasteiger charge is 2.42. The molecule has 1 amide bonds. The van der Waals surface area contributed by atoms with Crippen molar-refractivity contribution in [2.75, 3.05) is 0 Å². The summed E-state index contributed by atoms with van der Waals surface area (Å²) in [4.78, 5) is 12.5. The third-order valence-corrected chi connectivity index (χ3v) is 5.89. The van der Waals surface area contributed by atoms with Gasteiger partial charge in [-0.15, -0.1) is 12.4 Å². The van der Waals surface area contributed by atoms with Crippen molar-refractivity contribution in [3.05, 3.63) is 34.9 Å². The Morgan fingerprint density at radius 1 is 1.23 bits per heavy atom. The van der Waals surface area contributed by atoms with E-state index in [1.165, 1.54) is 36.8 Å². The molecule has 3 nitrogen and oxygen atoms in total. The van der Waals surface area contributed by atoms with Gasteiger partial charge in [-0.3, -0.25) is 4.79 Å². The molecule has 4 rings (SSSR count). The molecule has 3 aliphatic rings. The number of carbonyl (C=O) groups excluding carboxylic acids is 1. The first kappa shape index (κ1) is 15.8. The van der Waals surface area contributed by atoms with Gasteiger partial charge in [-0.05, 0) is 67.2 Å². The Kier molecular flexibility index (Phi) is 4.47. The van der Waals surface area contributed by atoms with Crippen molar-refractivity contribution in [3.63, 3.8) is 0 Å². The average molecular weight is 321 g/mol. The molecule has 2 bridgehead atoms. The Balaban J connectivity index is 0.00000144. The maximum absolute atomic E-state index is 12.5. The molecule has 0 aromatic heterocycles. The summed E-state index contributed by atoms with van der Waals surface area (Å²) in [6.45, 7) is 4.01. The van der Waals surface area contributed by atoms with Gasteiger partial charge in [0.05, 0.1) is 0 Å². The molecule has 0 spiro atoms. The van der Waals surface area contributed by atoms with Crippen LogP contribution in [0.15, 0.2) is 18.2 Å². The zero-order valence-electron chi connectivity index (χ0n) is 13.1. The largest absolute Gasteiger partial charge is 0.349 e. The van der Waals surface area contributed by atoms with Crippen LogP contribution >= 0.6 is 12.4 Å². The Hall–Kier alpha value is -1.06. The third-order valence-electron chi connectivity index (χ3n) is 5.89. The number of carbonyl (C=O) groups is 1. The predicted molar refractivity (Wildman–Crippen MR) is 90.1 cm³/mol. The van der Waals surface area contributed by atoms with Crippen LogP contribution in [0, 0.1) is 17.8 Å². The van der Waals surface area contributed by atoms with Crippen LogP contribution < -0.4 is 10.6 Å². The average Bonchev–Trinajstić information content (AvgIpc) is 3.21. The van der Waals surface area contributed by atoms with E-state index in [4.69, 9.17) is 0 Å². The van der Waals surface area contributed by atoms with E-state index < -0.39 is 0 Å². The molecule has 0 radical (unpaired) electrons. The molecule has 2 saturated carbocycles. The number of rotatable bonds is 3. The molecule has 1 aromatic carbocycles. The molecule has 4 heteroatoms. The molecule has 4 unspecified atom stereocenters. The summed E-state index contributed by atoms with van der Waals surface area (Å²) in [5.74, 6) is 2.59. The smallest absolute Gasteiger partial charge is 0.251 e. The Labute approximate surface area is 138 Å². The van der Waals surface area contributed by atoms with Gasteiger partial charge >= 0.3 is 0 Å². The van der Waals surface area contributed by atoms with Gasteiger partial charge in [-0.25, -0.2) is 0 Å². The zero-order chi connectivity index (χ0) is 14.4. The van der Waals surface area contributed by atoms with Crippen molar-refractivity contribution >= 4 is 18.3 Å². The third kappa shape index (κ3) is 2.77. The summed E-state index contributed by atoms with van der Waals surface area (Å²) in [5, 5.41) is 6.58. The van der Waals surface area contributed by atoms with Crippen molar-refractivity contribution in [3.8, 4) is 0 Å². The molecule has 2 fully saturated rings. The Bertz CT molecular complexity index is 574. The molecular weight excluding hydrogens is 296 g/mol. The van der Waals surface area contributed by atoms with Crippen molar-refractivity contribution < 1.29 is 4.79 Å². The SMILES string of the molecule is CC(NC(=O)c1ccc2c(c1)CNC2)C1CC2CCC1C2.Cl. The fourth-order valence-electron chi connectivity index (χ4n) is 4.74. The van der Waals surface area contributed by atoms with E-state index in [1.54, 1.807) is 0 Å². The Morgan fingerprint density at radius 3 is 2.77 bits per heavy atom. The molecule has 2 N–H and O–H groups in total. The Morgan fingerprint density at radius 2 is 2.05 bits per heavy atom. The summed E-state index contributed by atoms with van der Waals surface area (Å²) >= 11 is 0. The number of fused-ring (bicyclic) bond motifs is 3. The molecule has 4 atom stereocenters. The number of hydrogen-bond acceptors (Lipinski definition) is 2.